The first-order valence-corrected chi connectivity index (χ1v) is 13.2. The van der Waals surface area contributed by atoms with Crippen LogP contribution in [0.4, 0.5) is 10.5 Å². The zero-order valence-electron chi connectivity index (χ0n) is 22.2. The molecule has 0 bridgehead atoms. The molecule has 3 rings (SSSR count). The fraction of sp³-hybridized carbons (Fsp3) is 0.344. The summed E-state index contributed by atoms with van der Waals surface area (Å²) >= 11 is 0. The summed E-state index contributed by atoms with van der Waals surface area (Å²) in [4.78, 5) is 12.5. The summed E-state index contributed by atoms with van der Waals surface area (Å²) in [7, 11) is 0. The second-order valence-corrected chi connectivity index (χ2v) is 9.82. The Morgan fingerprint density at radius 1 is 1.05 bits per heavy atom. The van der Waals surface area contributed by atoms with Crippen molar-refractivity contribution in [3.05, 3.63) is 100 Å². The molecule has 0 saturated heterocycles. The molecule has 2 amide bonds. The monoisotopic (exact) mass is 494 g/mol. The zero-order valence-corrected chi connectivity index (χ0v) is 22.2. The van der Waals surface area contributed by atoms with E-state index in [-0.39, 0.29) is 6.03 Å². The van der Waals surface area contributed by atoms with Gasteiger partial charge in [-0.1, -0.05) is 63.1 Å². The number of hydrogen-bond acceptors (Lipinski definition) is 3. The second kappa shape index (κ2) is 14.0. The van der Waals surface area contributed by atoms with Gasteiger partial charge in [0.2, 0.25) is 0 Å². The van der Waals surface area contributed by atoms with E-state index in [0.29, 0.717) is 23.9 Å². The van der Waals surface area contributed by atoms with Crippen LogP contribution in [0, 0.1) is 23.7 Å². The average molecular weight is 495 g/mol. The highest BCUT2D eigenvalue weighted by atomic mass is 16.2. The van der Waals surface area contributed by atoms with Crippen LogP contribution in [0.1, 0.15) is 91.2 Å². The molecular weight excluding hydrogens is 456 g/mol. The lowest BCUT2D eigenvalue weighted by molar-refractivity contribution is 0.251. The molecule has 3 aromatic rings. The predicted molar refractivity (Wildman–Crippen MR) is 152 cm³/mol. The first-order chi connectivity index (χ1) is 17.9. The maximum absolute atomic E-state index is 12.5. The summed E-state index contributed by atoms with van der Waals surface area (Å²) in [5.74, 6) is 0.902. The first kappa shape index (κ1) is 27.7. The van der Waals surface area contributed by atoms with Gasteiger partial charge in [0, 0.05) is 18.4 Å². The van der Waals surface area contributed by atoms with E-state index in [9.17, 15) is 4.79 Å². The summed E-state index contributed by atoms with van der Waals surface area (Å²) in [6.45, 7) is 7.02. The highest BCUT2D eigenvalue weighted by Gasteiger charge is 2.14. The SMILES string of the molecule is CCCC(CCCC(C)c1cc(NC(=O)NCc2cccc(C=N)c2)ccc1C)c1ccc(C#N)cc1. The van der Waals surface area contributed by atoms with Crippen molar-refractivity contribution >= 4 is 17.9 Å². The number of amides is 2. The first-order valence-electron chi connectivity index (χ1n) is 13.2. The topological polar surface area (TPSA) is 88.8 Å². The van der Waals surface area contributed by atoms with Crippen molar-refractivity contribution in [2.24, 2.45) is 0 Å². The summed E-state index contributed by atoms with van der Waals surface area (Å²) in [6, 6.07) is 23.7. The Bertz CT molecular complexity index is 1230. The minimum atomic E-state index is -0.243. The van der Waals surface area contributed by atoms with Gasteiger partial charge in [0.25, 0.3) is 0 Å². The average Bonchev–Trinajstić information content (AvgIpc) is 2.92. The maximum Gasteiger partial charge on any atom is 0.319 e. The van der Waals surface area contributed by atoms with E-state index in [0.717, 1.165) is 48.9 Å². The molecule has 0 saturated carbocycles. The van der Waals surface area contributed by atoms with E-state index in [1.165, 1.54) is 22.9 Å². The molecule has 0 heterocycles. The Labute approximate surface area is 221 Å². The number of aryl methyl sites for hydroxylation is 1. The van der Waals surface area contributed by atoms with Gasteiger partial charge in [0.05, 0.1) is 11.6 Å². The predicted octanol–water partition coefficient (Wildman–Crippen LogP) is 8.04. The van der Waals surface area contributed by atoms with Gasteiger partial charge >= 0.3 is 6.03 Å². The molecule has 0 aliphatic heterocycles. The van der Waals surface area contributed by atoms with Crippen molar-refractivity contribution in [3.8, 4) is 6.07 Å². The lowest BCUT2D eigenvalue weighted by atomic mass is 9.86. The fourth-order valence-electron chi connectivity index (χ4n) is 4.88. The molecule has 0 fully saturated rings. The van der Waals surface area contributed by atoms with Crippen molar-refractivity contribution in [1.29, 1.82) is 10.7 Å². The van der Waals surface area contributed by atoms with E-state index in [1.807, 2.05) is 42.5 Å². The van der Waals surface area contributed by atoms with Gasteiger partial charge in [-0.15, -0.1) is 0 Å². The third-order valence-corrected chi connectivity index (χ3v) is 6.98. The van der Waals surface area contributed by atoms with Crippen LogP contribution < -0.4 is 10.6 Å². The Kier molecular flexibility index (Phi) is 10.5. The molecule has 2 unspecified atom stereocenters. The number of nitriles is 1. The van der Waals surface area contributed by atoms with E-state index >= 15 is 0 Å². The number of benzene rings is 3. The number of nitrogens with zero attached hydrogens (tertiary/aromatic N) is 1. The van der Waals surface area contributed by atoms with Crippen molar-refractivity contribution in [3.63, 3.8) is 0 Å². The highest BCUT2D eigenvalue weighted by Crippen LogP contribution is 2.32. The van der Waals surface area contributed by atoms with Crippen LogP contribution in [-0.4, -0.2) is 12.2 Å². The maximum atomic E-state index is 12.5. The molecule has 0 radical (unpaired) electrons. The summed E-state index contributed by atoms with van der Waals surface area (Å²) in [5, 5.41) is 22.3. The molecule has 3 aromatic carbocycles. The van der Waals surface area contributed by atoms with Crippen molar-refractivity contribution < 1.29 is 4.79 Å². The molecule has 5 nitrogen and oxygen atoms in total. The minimum Gasteiger partial charge on any atom is -0.334 e. The van der Waals surface area contributed by atoms with Gasteiger partial charge < -0.3 is 16.0 Å². The Hall–Kier alpha value is -3.91. The van der Waals surface area contributed by atoms with Crippen LogP contribution in [-0.2, 0) is 6.54 Å². The van der Waals surface area contributed by atoms with Crippen molar-refractivity contribution in [2.45, 2.75) is 71.3 Å². The normalized spacial score (nSPS) is 12.3. The number of hydrogen-bond donors (Lipinski definition) is 3. The van der Waals surface area contributed by atoms with Gasteiger partial charge in [0.15, 0.2) is 0 Å². The van der Waals surface area contributed by atoms with Crippen molar-refractivity contribution in [2.75, 3.05) is 5.32 Å². The van der Waals surface area contributed by atoms with Gasteiger partial charge in [-0.25, -0.2) is 4.79 Å². The van der Waals surface area contributed by atoms with Crippen LogP contribution in [0.5, 0.6) is 0 Å². The number of anilines is 1. The van der Waals surface area contributed by atoms with Crippen LogP contribution in [0.15, 0.2) is 66.7 Å². The van der Waals surface area contributed by atoms with E-state index in [2.05, 4.69) is 61.7 Å². The quantitative estimate of drug-likeness (QED) is 0.222. The third-order valence-electron chi connectivity index (χ3n) is 6.98. The molecular formula is C32H38N4O. The van der Waals surface area contributed by atoms with E-state index in [4.69, 9.17) is 10.7 Å². The summed E-state index contributed by atoms with van der Waals surface area (Å²) in [5.41, 5.74) is 7.10. The van der Waals surface area contributed by atoms with Crippen LogP contribution in [0.25, 0.3) is 0 Å². The van der Waals surface area contributed by atoms with Crippen LogP contribution in [0.2, 0.25) is 0 Å². The summed E-state index contributed by atoms with van der Waals surface area (Å²) < 4.78 is 0. The van der Waals surface area contributed by atoms with Gasteiger partial charge in [-0.2, -0.15) is 5.26 Å². The van der Waals surface area contributed by atoms with Crippen LogP contribution in [0.3, 0.4) is 0 Å². The second-order valence-electron chi connectivity index (χ2n) is 9.82. The lowest BCUT2D eigenvalue weighted by Crippen LogP contribution is -2.28. The summed E-state index contributed by atoms with van der Waals surface area (Å²) in [6.07, 6.45) is 6.93. The van der Waals surface area contributed by atoms with Gasteiger partial charge in [-0.3, -0.25) is 0 Å². The molecule has 2 atom stereocenters. The number of rotatable bonds is 12. The van der Waals surface area contributed by atoms with Gasteiger partial charge in [-0.05, 0) is 96.2 Å². The van der Waals surface area contributed by atoms with Gasteiger partial charge in [0.1, 0.15) is 0 Å². The molecule has 0 aliphatic carbocycles. The standard InChI is InChI=1S/C32H38N4O/c1-4-7-28(29-15-13-25(20-33)14-16-29)11-5-8-23(2)31-19-30(17-12-24(31)3)36-32(37)35-22-27-10-6-9-26(18-27)21-34/h6,9-10,12-19,21,23,28,34H,4-5,7-8,11,22H2,1-3H3,(H2,35,36,37). The fourth-order valence-corrected chi connectivity index (χ4v) is 4.88. The molecule has 3 N–H and O–H groups in total. The number of urea groups is 1. The molecule has 0 spiro atoms. The number of carbonyl (C=O) groups is 1. The molecule has 0 aliphatic rings. The molecule has 192 valence electrons. The Morgan fingerprint density at radius 3 is 2.54 bits per heavy atom. The minimum absolute atomic E-state index is 0.243. The lowest BCUT2D eigenvalue weighted by Gasteiger charge is -2.20. The molecule has 5 heteroatoms. The van der Waals surface area contributed by atoms with Crippen LogP contribution >= 0.6 is 0 Å². The molecule has 37 heavy (non-hydrogen) atoms. The van der Waals surface area contributed by atoms with E-state index in [1.54, 1.807) is 0 Å². The van der Waals surface area contributed by atoms with Crippen molar-refractivity contribution in [1.82, 2.24) is 5.32 Å². The smallest absolute Gasteiger partial charge is 0.319 e. The number of carbonyl (C=O) groups excluding carboxylic acids is 1. The zero-order chi connectivity index (χ0) is 26.6. The molecule has 0 aromatic heterocycles. The highest BCUT2D eigenvalue weighted by molar-refractivity contribution is 5.89. The van der Waals surface area contributed by atoms with E-state index < -0.39 is 0 Å². The third kappa shape index (κ3) is 8.32. The Morgan fingerprint density at radius 2 is 1.84 bits per heavy atom. The number of nitrogens with one attached hydrogen (secondary N) is 3. The Balaban J connectivity index is 1.55. The largest absolute Gasteiger partial charge is 0.334 e.